The maximum absolute atomic E-state index is 11.0. The van der Waals surface area contributed by atoms with E-state index in [-0.39, 0.29) is 5.92 Å². The van der Waals surface area contributed by atoms with Gasteiger partial charge < -0.3 is 10.0 Å². The fourth-order valence-corrected chi connectivity index (χ4v) is 3.22. The first kappa shape index (κ1) is 14.4. The second-order valence-electron chi connectivity index (χ2n) is 5.39. The average Bonchev–Trinajstić information content (AvgIpc) is 2.41. The Kier molecular flexibility index (Phi) is 4.50. The topological polar surface area (TPSA) is 40.5 Å². The van der Waals surface area contributed by atoms with E-state index in [2.05, 4.69) is 46.9 Å². The van der Waals surface area contributed by atoms with Gasteiger partial charge in [0, 0.05) is 23.2 Å². The molecule has 0 aromatic heterocycles. The molecule has 0 atom stereocenters. The van der Waals surface area contributed by atoms with E-state index in [4.69, 9.17) is 5.11 Å². The first-order valence-corrected chi connectivity index (χ1v) is 7.50. The van der Waals surface area contributed by atoms with Gasteiger partial charge in [-0.25, -0.2) is 0 Å². The van der Waals surface area contributed by atoms with E-state index in [0.29, 0.717) is 6.04 Å². The number of rotatable bonds is 3. The van der Waals surface area contributed by atoms with E-state index < -0.39 is 5.97 Å². The van der Waals surface area contributed by atoms with Gasteiger partial charge in [-0.2, -0.15) is 0 Å². The Morgan fingerprint density at radius 1 is 1.32 bits per heavy atom. The van der Waals surface area contributed by atoms with Crippen molar-refractivity contribution >= 4 is 27.6 Å². The second kappa shape index (κ2) is 5.95. The summed E-state index contributed by atoms with van der Waals surface area (Å²) < 4.78 is 1.08. The SMILES string of the molecule is Cc1ccc(Br)cc1N(C)C1CCC(C(=O)O)CC1. The summed E-state index contributed by atoms with van der Waals surface area (Å²) in [6.45, 7) is 2.11. The third-order valence-corrected chi connectivity index (χ3v) is 4.64. The van der Waals surface area contributed by atoms with Crippen LogP contribution in [0.3, 0.4) is 0 Å². The van der Waals surface area contributed by atoms with E-state index >= 15 is 0 Å². The molecule has 1 N–H and O–H groups in total. The van der Waals surface area contributed by atoms with Crippen LogP contribution in [0.1, 0.15) is 31.2 Å². The van der Waals surface area contributed by atoms with Gasteiger partial charge in [0.05, 0.1) is 5.92 Å². The Morgan fingerprint density at radius 3 is 2.53 bits per heavy atom. The molecule has 0 unspecified atom stereocenters. The van der Waals surface area contributed by atoms with Crippen LogP contribution in [0.25, 0.3) is 0 Å². The number of benzene rings is 1. The molecule has 1 aromatic carbocycles. The van der Waals surface area contributed by atoms with Gasteiger partial charge in [-0.05, 0) is 50.3 Å². The maximum atomic E-state index is 11.0. The van der Waals surface area contributed by atoms with E-state index in [1.807, 2.05) is 6.07 Å². The van der Waals surface area contributed by atoms with E-state index in [1.165, 1.54) is 11.3 Å². The van der Waals surface area contributed by atoms with Crippen LogP contribution < -0.4 is 4.90 Å². The molecule has 0 spiro atoms. The lowest BCUT2D eigenvalue weighted by Gasteiger charge is -2.35. The van der Waals surface area contributed by atoms with Crippen LogP contribution in [-0.4, -0.2) is 24.2 Å². The maximum Gasteiger partial charge on any atom is 0.306 e. The second-order valence-corrected chi connectivity index (χ2v) is 6.30. The van der Waals surface area contributed by atoms with Crippen LogP contribution in [0.15, 0.2) is 22.7 Å². The van der Waals surface area contributed by atoms with E-state index in [0.717, 1.165) is 30.2 Å². The Bertz CT molecular complexity index is 467. The molecule has 0 saturated heterocycles. The van der Waals surface area contributed by atoms with Crippen LogP contribution in [-0.2, 0) is 4.79 Å². The van der Waals surface area contributed by atoms with Gasteiger partial charge >= 0.3 is 5.97 Å². The Labute approximate surface area is 122 Å². The molecule has 0 bridgehead atoms. The molecule has 0 heterocycles. The number of halogens is 1. The molecule has 1 aliphatic rings. The first-order chi connectivity index (χ1) is 8.99. The third kappa shape index (κ3) is 3.30. The molecule has 3 nitrogen and oxygen atoms in total. The minimum absolute atomic E-state index is 0.145. The number of nitrogens with zero attached hydrogens (tertiary/aromatic N) is 1. The van der Waals surface area contributed by atoms with Crippen molar-refractivity contribution in [2.24, 2.45) is 5.92 Å². The van der Waals surface area contributed by atoms with Crippen LogP contribution in [0.2, 0.25) is 0 Å². The summed E-state index contributed by atoms with van der Waals surface area (Å²) in [7, 11) is 2.11. The summed E-state index contributed by atoms with van der Waals surface area (Å²) >= 11 is 3.51. The lowest BCUT2D eigenvalue weighted by molar-refractivity contribution is -0.142. The van der Waals surface area contributed by atoms with Crippen molar-refractivity contribution in [3.8, 4) is 0 Å². The lowest BCUT2D eigenvalue weighted by Crippen LogP contribution is -2.37. The van der Waals surface area contributed by atoms with Crippen molar-refractivity contribution in [3.63, 3.8) is 0 Å². The summed E-state index contributed by atoms with van der Waals surface area (Å²) in [5, 5.41) is 9.04. The monoisotopic (exact) mass is 325 g/mol. The highest BCUT2D eigenvalue weighted by Gasteiger charge is 2.28. The predicted molar refractivity (Wildman–Crippen MR) is 80.7 cm³/mol. The van der Waals surface area contributed by atoms with Gasteiger partial charge in [0.25, 0.3) is 0 Å². The lowest BCUT2D eigenvalue weighted by atomic mass is 9.85. The summed E-state index contributed by atoms with van der Waals surface area (Å²) in [4.78, 5) is 13.3. The summed E-state index contributed by atoms with van der Waals surface area (Å²) in [5.41, 5.74) is 2.49. The van der Waals surface area contributed by atoms with Crippen molar-refractivity contribution in [1.29, 1.82) is 0 Å². The molecular formula is C15H20BrNO2. The number of hydrogen-bond donors (Lipinski definition) is 1. The number of anilines is 1. The Balaban J connectivity index is 2.07. The molecule has 104 valence electrons. The van der Waals surface area contributed by atoms with Gasteiger partial charge in [0.15, 0.2) is 0 Å². The zero-order valence-electron chi connectivity index (χ0n) is 11.4. The number of carboxylic acid groups (broad SMARTS) is 1. The Morgan fingerprint density at radius 2 is 1.95 bits per heavy atom. The fourth-order valence-electron chi connectivity index (χ4n) is 2.87. The van der Waals surface area contributed by atoms with E-state index in [1.54, 1.807) is 0 Å². The smallest absolute Gasteiger partial charge is 0.306 e. The van der Waals surface area contributed by atoms with Crippen LogP contribution in [0.5, 0.6) is 0 Å². The van der Waals surface area contributed by atoms with Crippen molar-refractivity contribution in [3.05, 3.63) is 28.2 Å². The van der Waals surface area contributed by atoms with Crippen LogP contribution >= 0.6 is 15.9 Å². The fraction of sp³-hybridized carbons (Fsp3) is 0.533. The summed E-state index contributed by atoms with van der Waals surface area (Å²) in [5.74, 6) is -0.784. The highest BCUT2D eigenvalue weighted by Crippen LogP contribution is 2.32. The van der Waals surface area contributed by atoms with Gasteiger partial charge in [-0.3, -0.25) is 4.79 Å². The number of aryl methyl sites for hydroxylation is 1. The molecule has 4 heteroatoms. The highest BCUT2D eigenvalue weighted by molar-refractivity contribution is 9.10. The summed E-state index contributed by atoms with van der Waals surface area (Å²) in [6.07, 6.45) is 3.49. The first-order valence-electron chi connectivity index (χ1n) is 6.71. The minimum Gasteiger partial charge on any atom is -0.481 e. The molecule has 2 rings (SSSR count). The number of carboxylic acids is 1. The molecule has 0 amide bonds. The number of aliphatic carboxylic acids is 1. The van der Waals surface area contributed by atoms with Crippen molar-refractivity contribution in [2.45, 2.75) is 38.6 Å². The molecule has 1 saturated carbocycles. The Hall–Kier alpha value is -1.03. The molecular weight excluding hydrogens is 306 g/mol. The molecule has 0 aliphatic heterocycles. The number of carbonyl (C=O) groups is 1. The average molecular weight is 326 g/mol. The molecule has 1 aliphatic carbocycles. The number of hydrogen-bond acceptors (Lipinski definition) is 2. The van der Waals surface area contributed by atoms with Gasteiger partial charge in [-0.1, -0.05) is 22.0 Å². The van der Waals surface area contributed by atoms with Crippen molar-refractivity contribution in [2.75, 3.05) is 11.9 Å². The van der Waals surface area contributed by atoms with Gasteiger partial charge in [-0.15, -0.1) is 0 Å². The molecule has 0 radical (unpaired) electrons. The van der Waals surface area contributed by atoms with Crippen molar-refractivity contribution in [1.82, 2.24) is 0 Å². The van der Waals surface area contributed by atoms with Crippen molar-refractivity contribution < 1.29 is 9.90 Å². The standard InChI is InChI=1S/C15H20BrNO2/c1-10-3-6-12(16)9-14(10)17(2)13-7-4-11(5-8-13)15(18)19/h3,6,9,11,13H,4-5,7-8H2,1-2H3,(H,18,19). The third-order valence-electron chi connectivity index (χ3n) is 4.14. The molecule has 19 heavy (non-hydrogen) atoms. The molecule has 1 aromatic rings. The van der Waals surface area contributed by atoms with Crippen LogP contribution in [0, 0.1) is 12.8 Å². The van der Waals surface area contributed by atoms with Gasteiger partial charge in [0.1, 0.15) is 0 Å². The van der Waals surface area contributed by atoms with E-state index in [9.17, 15) is 4.79 Å². The highest BCUT2D eigenvalue weighted by atomic mass is 79.9. The zero-order valence-corrected chi connectivity index (χ0v) is 13.0. The minimum atomic E-state index is -0.639. The summed E-state index contributed by atoms with van der Waals surface area (Å²) in [6, 6.07) is 6.74. The predicted octanol–water partition coefficient (Wildman–Crippen LogP) is 3.84. The zero-order chi connectivity index (χ0) is 14.0. The van der Waals surface area contributed by atoms with Crippen LogP contribution in [0.4, 0.5) is 5.69 Å². The largest absolute Gasteiger partial charge is 0.481 e. The normalized spacial score (nSPS) is 23.1. The molecule has 1 fully saturated rings. The van der Waals surface area contributed by atoms with Gasteiger partial charge in [0.2, 0.25) is 0 Å². The quantitative estimate of drug-likeness (QED) is 0.917.